The van der Waals surface area contributed by atoms with Gasteiger partial charge in [-0.3, -0.25) is 4.79 Å². The predicted octanol–water partition coefficient (Wildman–Crippen LogP) is 1.01. The maximum atomic E-state index is 11.7. The average molecular weight is 298 g/mol. The van der Waals surface area contributed by atoms with Crippen molar-refractivity contribution in [3.8, 4) is 0 Å². The van der Waals surface area contributed by atoms with E-state index in [-0.39, 0.29) is 24.2 Å². The second-order valence-corrected chi connectivity index (χ2v) is 5.34. The molecule has 0 aliphatic rings. The Morgan fingerprint density at radius 2 is 1.95 bits per heavy atom. The molecule has 1 rings (SSSR count). The van der Waals surface area contributed by atoms with Gasteiger partial charge in [-0.1, -0.05) is 19.1 Å². The molecule has 0 aromatic carbocycles. The Morgan fingerprint density at radius 3 is 2.52 bits per heavy atom. The number of nitrogens with zero attached hydrogens (tertiary/aromatic N) is 3. The van der Waals surface area contributed by atoms with Crippen LogP contribution in [0.25, 0.3) is 0 Å². The fraction of sp³-hybridized carbons (Fsp3) is 0.692. The Morgan fingerprint density at radius 1 is 1.29 bits per heavy atom. The Bertz CT molecular complexity index is 496. The molecule has 0 fully saturated rings. The fourth-order valence-electron chi connectivity index (χ4n) is 1.43. The van der Waals surface area contributed by atoms with Crippen molar-refractivity contribution in [2.45, 2.75) is 46.8 Å². The first-order chi connectivity index (χ1) is 9.81. The lowest BCUT2D eigenvalue weighted by atomic mass is 10.1. The fourth-order valence-corrected chi connectivity index (χ4v) is 1.43. The Balaban J connectivity index is 2.59. The van der Waals surface area contributed by atoms with Gasteiger partial charge in [0.25, 0.3) is 0 Å². The maximum absolute atomic E-state index is 11.7. The molecule has 1 aromatic heterocycles. The lowest BCUT2D eigenvalue weighted by Crippen LogP contribution is -2.18. The standard InChI is InChI=1S/C13H22N4O4/c1-8(2)5-6-20-10(18)7-17-12(14)11(15-16-17)13(19)21-9(3)4/h8-9H,5-7,14H2,1-4H3. The molecule has 0 aliphatic carbocycles. The highest BCUT2D eigenvalue weighted by Gasteiger charge is 2.21. The summed E-state index contributed by atoms with van der Waals surface area (Å²) in [6.45, 7) is 7.65. The zero-order valence-electron chi connectivity index (χ0n) is 12.8. The van der Waals surface area contributed by atoms with E-state index >= 15 is 0 Å². The first-order valence-corrected chi connectivity index (χ1v) is 6.86. The van der Waals surface area contributed by atoms with E-state index in [1.54, 1.807) is 13.8 Å². The highest BCUT2D eigenvalue weighted by atomic mass is 16.5. The topological polar surface area (TPSA) is 109 Å². The van der Waals surface area contributed by atoms with E-state index in [4.69, 9.17) is 15.2 Å². The Kier molecular flexibility index (Phi) is 6.13. The summed E-state index contributed by atoms with van der Waals surface area (Å²) in [5.74, 6) is -0.703. The van der Waals surface area contributed by atoms with Gasteiger partial charge in [-0.05, 0) is 26.2 Å². The third-order valence-corrected chi connectivity index (χ3v) is 2.55. The van der Waals surface area contributed by atoms with Crippen LogP contribution in [0.15, 0.2) is 0 Å². The second-order valence-electron chi connectivity index (χ2n) is 5.34. The minimum atomic E-state index is -0.665. The number of aromatic nitrogens is 3. The zero-order valence-corrected chi connectivity index (χ0v) is 12.8. The van der Waals surface area contributed by atoms with Crippen molar-refractivity contribution in [1.29, 1.82) is 0 Å². The number of nitrogen functional groups attached to an aromatic ring is 1. The van der Waals surface area contributed by atoms with Gasteiger partial charge < -0.3 is 15.2 Å². The lowest BCUT2D eigenvalue weighted by molar-refractivity contribution is -0.144. The van der Waals surface area contributed by atoms with Crippen LogP contribution in [0.4, 0.5) is 5.82 Å². The van der Waals surface area contributed by atoms with E-state index in [0.717, 1.165) is 11.1 Å². The molecule has 1 heterocycles. The van der Waals surface area contributed by atoms with Gasteiger partial charge in [-0.2, -0.15) is 0 Å². The molecule has 0 aliphatic heterocycles. The molecule has 0 unspecified atom stereocenters. The van der Waals surface area contributed by atoms with E-state index < -0.39 is 11.9 Å². The zero-order chi connectivity index (χ0) is 16.0. The van der Waals surface area contributed by atoms with Gasteiger partial charge in [0.1, 0.15) is 6.54 Å². The van der Waals surface area contributed by atoms with Crippen molar-refractivity contribution < 1.29 is 19.1 Å². The predicted molar refractivity (Wildman–Crippen MR) is 75.4 cm³/mol. The maximum Gasteiger partial charge on any atom is 0.363 e. The molecule has 0 bridgehead atoms. The van der Waals surface area contributed by atoms with E-state index in [0.29, 0.717) is 12.5 Å². The molecule has 118 valence electrons. The molecule has 8 nitrogen and oxygen atoms in total. The third kappa shape index (κ3) is 5.41. The van der Waals surface area contributed by atoms with Crippen molar-refractivity contribution in [3.05, 3.63) is 5.69 Å². The summed E-state index contributed by atoms with van der Waals surface area (Å²) in [5, 5.41) is 7.30. The highest BCUT2D eigenvalue weighted by Crippen LogP contribution is 2.10. The van der Waals surface area contributed by atoms with Crippen LogP contribution in [-0.2, 0) is 20.8 Å². The van der Waals surface area contributed by atoms with Crippen LogP contribution in [0.5, 0.6) is 0 Å². The molecular weight excluding hydrogens is 276 g/mol. The summed E-state index contributed by atoms with van der Waals surface area (Å²) in [7, 11) is 0. The summed E-state index contributed by atoms with van der Waals surface area (Å²) < 4.78 is 11.1. The molecule has 0 saturated heterocycles. The summed E-state index contributed by atoms with van der Waals surface area (Å²) in [6, 6.07) is 0. The smallest absolute Gasteiger partial charge is 0.363 e. The number of anilines is 1. The molecular formula is C13H22N4O4. The van der Waals surface area contributed by atoms with E-state index in [1.807, 2.05) is 13.8 Å². The van der Waals surface area contributed by atoms with Crippen LogP contribution in [0.2, 0.25) is 0 Å². The Hall–Kier alpha value is -2.12. The van der Waals surface area contributed by atoms with Crippen LogP contribution in [0.1, 0.15) is 44.6 Å². The van der Waals surface area contributed by atoms with E-state index in [9.17, 15) is 9.59 Å². The minimum Gasteiger partial charge on any atom is -0.464 e. The van der Waals surface area contributed by atoms with Crippen molar-refractivity contribution in [3.63, 3.8) is 0 Å². The van der Waals surface area contributed by atoms with Gasteiger partial charge in [-0.15, -0.1) is 5.10 Å². The summed E-state index contributed by atoms with van der Waals surface area (Å²) in [6.07, 6.45) is 0.493. The molecule has 0 radical (unpaired) electrons. The van der Waals surface area contributed by atoms with Gasteiger partial charge in [0.15, 0.2) is 5.82 Å². The monoisotopic (exact) mass is 298 g/mol. The largest absolute Gasteiger partial charge is 0.464 e. The van der Waals surface area contributed by atoms with Gasteiger partial charge in [0.2, 0.25) is 5.69 Å². The van der Waals surface area contributed by atoms with Crippen molar-refractivity contribution in [1.82, 2.24) is 15.0 Å². The van der Waals surface area contributed by atoms with Crippen LogP contribution < -0.4 is 5.73 Å². The van der Waals surface area contributed by atoms with Crippen molar-refractivity contribution in [2.24, 2.45) is 5.92 Å². The first-order valence-electron chi connectivity index (χ1n) is 6.86. The minimum absolute atomic E-state index is 0.0125. The van der Waals surface area contributed by atoms with Crippen LogP contribution in [0.3, 0.4) is 0 Å². The number of carbonyl (C=O) groups excluding carboxylic acids is 2. The van der Waals surface area contributed by atoms with Crippen molar-refractivity contribution in [2.75, 3.05) is 12.3 Å². The normalized spacial score (nSPS) is 11.0. The lowest BCUT2D eigenvalue weighted by Gasteiger charge is -2.08. The van der Waals surface area contributed by atoms with Crippen LogP contribution in [-0.4, -0.2) is 39.6 Å². The van der Waals surface area contributed by atoms with Crippen LogP contribution in [0, 0.1) is 5.92 Å². The molecule has 0 amide bonds. The number of ether oxygens (including phenoxy) is 2. The summed E-state index contributed by atoms with van der Waals surface area (Å²) in [4.78, 5) is 23.3. The summed E-state index contributed by atoms with van der Waals surface area (Å²) in [5.41, 5.74) is 5.64. The molecule has 1 aromatic rings. The molecule has 0 spiro atoms. The van der Waals surface area contributed by atoms with Gasteiger partial charge >= 0.3 is 11.9 Å². The van der Waals surface area contributed by atoms with Crippen molar-refractivity contribution >= 4 is 17.8 Å². The number of hydrogen-bond acceptors (Lipinski definition) is 7. The third-order valence-electron chi connectivity index (χ3n) is 2.55. The number of carbonyl (C=O) groups is 2. The molecule has 8 heteroatoms. The highest BCUT2D eigenvalue weighted by molar-refractivity contribution is 5.92. The molecule has 21 heavy (non-hydrogen) atoms. The molecule has 0 atom stereocenters. The quantitative estimate of drug-likeness (QED) is 0.748. The number of esters is 2. The van der Waals surface area contributed by atoms with Gasteiger partial charge in [0.05, 0.1) is 12.7 Å². The Labute approximate surface area is 123 Å². The first kappa shape index (κ1) is 16.9. The molecule has 2 N–H and O–H groups in total. The van der Waals surface area contributed by atoms with E-state index in [2.05, 4.69) is 10.3 Å². The van der Waals surface area contributed by atoms with Gasteiger partial charge in [0, 0.05) is 0 Å². The number of rotatable bonds is 7. The number of nitrogens with two attached hydrogens (primary N) is 1. The molecule has 0 saturated carbocycles. The average Bonchev–Trinajstić information content (AvgIpc) is 2.69. The van der Waals surface area contributed by atoms with E-state index in [1.165, 1.54) is 0 Å². The second kappa shape index (κ2) is 7.61. The van der Waals surface area contributed by atoms with Crippen LogP contribution >= 0.6 is 0 Å². The number of hydrogen-bond donors (Lipinski definition) is 1. The summed E-state index contributed by atoms with van der Waals surface area (Å²) >= 11 is 0. The SMILES string of the molecule is CC(C)CCOC(=O)Cn1nnc(C(=O)OC(C)C)c1N. The van der Waals surface area contributed by atoms with Gasteiger partial charge in [-0.25, -0.2) is 9.48 Å².